The molecule has 14 nitrogen and oxygen atoms in total. The molecule has 2 atom stereocenters. The van der Waals surface area contributed by atoms with Gasteiger partial charge in [0.2, 0.25) is 17.7 Å². The highest BCUT2D eigenvalue weighted by Gasteiger charge is 2.28. The average molecular weight is 607 g/mol. The van der Waals surface area contributed by atoms with E-state index < -0.39 is 36.0 Å². The van der Waals surface area contributed by atoms with E-state index in [1.54, 1.807) is 38.4 Å². The van der Waals surface area contributed by atoms with Gasteiger partial charge in [0.25, 0.3) is 0 Å². The molecule has 1 aromatic carbocycles. The molecule has 43 heavy (non-hydrogen) atoms. The fourth-order valence-electron chi connectivity index (χ4n) is 3.98. The number of anilines is 1. The Morgan fingerprint density at radius 2 is 1.63 bits per heavy atom. The zero-order valence-electron chi connectivity index (χ0n) is 25.9. The van der Waals surface area contributed by atoms with Gasteiger partial charge in [-0.3, -0.25) is 14.4 Å². The van der Waals surface area contributed by atoms with Crippen molar-refractivity contribution in [2.45, 2.75) is 71.1 Å². The first-order chi connectivity index (χ1) is 20.5. The molecule has 0 aliphatic carbocycles. The van der Waals surface area contributed by atoms with Crippen molar-refractivity contribution < 1.29 is 28.7 Å². The van der Waals surface area contributed by atoms with Crippen molar-refractivity contribution >= 4 is 35.5 Å². The van der Waals surface area contributed by atoms with E-state index in [2.05, 4.69) is 26.6 Å². The van der Waals surface area contributed by atoms with Crippen LogP contribution in [0.3, 0.4) is 0 Å². The summed E-state index contributed by atoms with van der Waals surface area (Å²) in [4.78, 5) is 63.5. The number of likely N-dealkylation sites (N-methyl/N-ethyl adjacent to an activating group) is 2. The predicted molar refractivity (Wildman–Crippen MR) is 165 cm³/mol. The number of hydrogen-bond acceptors (Lipinski definition) is 8. The zero-order chi connectivity index (χ0) is 32.2. The standard InChI is InChI=1S/C29H50N8O6/c1-20(2)25(36-24(38)10-6-5-7-15-30)27(40)35-23(9-8-16-33-28(31)41)26(39)34-22-13-11-21(12-14-22)19-43-29(42)37(4)18-17-32-3/h11-14,20,23,25,32H,5-10,15-19,30H2,1-4H3,(H,34,39)(H,35,40)(H,36,38)(H3,31,33,41)/t23-,25-/m0/s1. The molecule has 9 N–H and O–H groups in total. The Bertz CT molecular complexity index is 1020. The quantitative estimate of drug-likeness (QED) is 0.106. The molecule has 1 aromatic rings. The molecule has 0 fully saturated rings. The van der Waals surface area contributed by atoms with Gasteiger partial charge in [-0.2, -0.15) is 0 Å². The number of nitrogens with zero attached hydrogens (tertiary/aromatic N) is 1. The van der Waals surface area contributed by atoms with Crippen LogP contribution in [-0.4, -0.2) is 87.1 Å². The summed E-state index contributed by atoms with van der Waals surface area (Å²) in [5.74, 6) is -1.41. The van der Waals surface area contributed by atoms with Crippen LogP contribution in [0, 0.1) is 5.92 Å². The molecular formula is C29H50N8O6. The van der Waals surface area contributed by atoms with Gasteiger partial charge in [-0.15, -0.1) is 0 Å². The van der Waals surface area contributed by atoms with Crippen molar-refractivity contribution in [1.29, 1.82) is 0 Å². The summed E-state index contributed by atoms with van der Waals surface area (Å²) in [6, 6.07) is 4.31. The van der Waals surface area contributed by atoms with Gasteiger partial charge in [0.1, 0.15) is 18.7 Å². The first-order valence-electron chi connectivity index (χ1n) is 14.7. The number of ether oxygens (including phenoxy) is 1. The van der Waals surface area contributed by atoms with Gasteiger partial charge in [0.15, 0.2) is 0 Å². The van der Waals surface area contributed by atoms with Crippen LogP contribution in [0.1, 0.15) is 57.9 Å². The molecule has 0 aliphatic rings. The van der Waals surface area contributed by atoms with Crippen molar-refractivity contribution in [3.8, 4) is 0 Å². The number of unbranched alkanes of at least 4 members (excludes halogenated alkanes) is 2. The lowest BCUT2D eigenvalue weighted by Crippen LogP contribution is -2.54. The van der Waals surface area contributed by atoms with Crippen LogP contribution in [0.25, 0.3) is 0 Å². The topological polar surface area (TPSA) is 210 Å². The lowest BCUT2D eigenvalue weighted by molar-refractivity contribution is -0.132. The van der Waals surface area contributed by atoms with Crippen LogP contribution in [-0.2, 0) is 25.7 Å². The summed E-state index contributed by atoms with van der Waals surface area (Å²) in [6.07, 6.45) is 2.74. The van der Waals surface area contributed by atoms with Gasteiger partial charge in [0, 0.05) is 38.8 Å². The molecular weight excluding hydrogens is 556 g/mol. The Kier molecular flexibility index (Phi) is 18.0. The van der Waals surface area contributed by atoms with E-state index in [4.69, 9.17) is 16.2 Å². The minimum Gasteiger partial charge on any atom is -0.445 e. The SMILES string of the molecule is CNCCN(C)C(=O)OCc1ccc(NC(=O)[C@H](CCCNC(N)=O)NC(=O)[C@@H](NC(=O)CCCCCN)C(C)C)cc1. The van der Waals surface area contributed by atoms with Gasteiger partial charge in [-0.1, -0.05) is 32.4 Å². The fraction of sp³-hybridized carbons (Fsp3) is 0.621. The van der Waals surface area contributed by atoms with Crippen LogP contribution < -0.4 is 38.1 Å². The first kappa shape index (κ1) is 37.1. The second-order valence-corrected chi connectivity index (χ2v) is 10.6. The lowest BCUT2D eigenvalue weighted by atomic mass is 10.0. The molecule has 242 valence electrons. The predicted octanol–water partition coefficient (Wildman–Crippen LogP) is 1.01. The minimum absolute atomic E-state index is 0.0673. The molecule has 0 saturated carbocycles. The summed E-state index contributed by atoms with van der Waals surface area (Å²) in [7, 11) is 3.45. The molecule has 0 radical (unpaired) electrons. The van der Waals surface area contributed by atoms with E-state index in [0.29, 0.717) is 38.2 Å². The van der Waals surface area contributed by atoms with Gasteiger partial charge in [-0.05, 0) is 62.9 Å². The molecule has 0 saturated heterocycles. The fourth-order valence-corrected chi connectivity index (χ4v) is 3.98. The molecule has 0 aliphatic heterocycles. The number of benzene rings is 1. The van der Waals surface area contributed by atoms with E-state index in [1.165, 1.54) is 4.90 Å². The third kappa shape index (κ3) is 15.8. The third-order valence-corrected chi connectivity index (χ3v) is 6.57. The molecule has 0 unspecified atom stereocenters. The largest absolute Gasteiger partial charge is 0.445 e. The van der Waals surface area contributed by atoms with E-state index in [1.807, 2.05) is 13.8 Å². The highest BCUT2D eigenvalue weighted by Crippen LogP contribution is 2.13. The molecule has 14 heteroatoms. The Balaban J connectivity index is 2.84. The van der Waals surface area contributed by atoms with Gasteiger partial charge in [0.05, 0.1) is 0 Å². The molecule has 0 bridgehead atoms. The van der Waals surface area contributed by atoms with Gasteiger partial charge in [-0.25, -0.2) is 9.59 Å². The Hall–Kier alpha value is -3.91. The average Bonchev–Trinajstić information content (AvgIpc) is 2.97. The second kappa shape index (κ2) is 20.9. The van der Waals surface area contributed by atoms with Crippen LogP contribution in [0.2, 0.25) is 0 Å². The Labute approximate surface area is 254 Å². The highest BCUT2D eigenvalue weighted by molar-refractivity contribution is 5.98. The van der Waals surface area contributed by atoms with Crippen molar-refractivity contribution in [1.82, 2.24) is 26.2 Å². The van der Waals surface area contributed by atoms with Crippen LogP contribution in [0.4, 0.5) is 15.3 Å². The van der Waals surface area contributed by atoms with Crippen molar-refractivity contribution in [3.05, 3.63) is 29.8 Å². The summed E-state index contributed by atoms with van der Waals surface area (Å²) in [6.45, 7) is 5.62. The number of nitrogens with two attached hydrogens (primary N) is 2. The number of nitrogens with one attached hydrogen (secondary N) is 5. The minimum atomic E-state index is -0.946. The van der Waals surface area contributed by atoms with Crippen molar-refractivity contribution in [3.63, 3.8) is 0 Å². The molecule has 1 rings (SSSR count). The van der Waals surface area contributed by atoms with Crippen molar-refractivity contribution in [2.75, 3.05) is 45.6 Å². The maximum atomic E-state index is 13.2. The van der Waals surface area contributed by atoms with Gasteiger partial charge >= 0.3 is 12.1 Å². The maximum absolute atomic E-state index is 13.2. The van der Waals surface area contributed by atoms with Crippen molar-refractivity contribution in [2.24, 2.45) is 17.4 Å². The smallest absolute Gasteiger partial charge is 0.409 e. The summed E-state index contributed by atoms with van der Waals surface area (Å²) < 4.78 is 5.31. The van der Waals surface area contributed by atoms with E-state index in [9.17, 15) is 24.0 Å². The number of hydrogen-bond donors (Lipinski definition) is 7. The molecule has 0 aromatic heterocycles. The van der Waals surface area contributed by atoms with Crippen LogP contribution >= 0.6 is 0 Å². The summed E-state index contributed by atoms with van der Waals surface area (Å²) in [5.41, 5.74) is 11.8. The number of amides is 6. The number of rotatable bonds is 20. The normalized spacial score (nSPS) is 12.1. The highest BCUT2D eigenvalue weighted by atomic mass is 16.6. The monoisotopic (exact) mass is 606 g/mol. The van der Waals surface area contributed by atoms with E-state index in [0.717, 1.165) is 18.4 Å². The van der Waals surface area contributed by atoms with Gasteiger partial charge < -0.3 is 47.7 Å². The number of carbonyl (C=O) groups is 5. The number of primary amides is 1. The number of carbonyl (C=O) groups excluding carboxylic acids is 5. The van der Waals surface area contributed by atoms with Crippen LogP contribution in [0.15, 0.2) is 24.3 Å². The number of urea groups is 1. The summed E-state index contributed by atoms with van der Waals surface area (Å²) in [5, 5.41) is 13.8. The maximum Gasteiger partial charge on any atom is 0.409 e. The van der Waals surface area contributed by atoms with E-state index in [-0.39, 0.29) is 37.8 Å². The Morgan fingerprint density at radius 3 is 2.23 bits per heavy atom. The zero-order valence-corrected chi connectivity index (χ0v) is 25.9. The molecule has 0 spiro atoms. The van der Waals surface area contributed by atoms with E-state index >= 15 is 0 Å². The summed E-state index contributed by atoms with van der Waals surface area (Å²) >= 11 is 0. The molecule has 6 amide bonds. The second-order valence-electron chi connectivity index (χ2n) is 10.6. The first-order valence-corrected chi connectivity index (χ1v) is 14.7. The molecule has 0 heterocycles. The lowest BCUT2D eigenvalue weighted by Gasteiger charge is -2.25. The Morgan fingerprint density at radius 1 is 0.930 bits per heavy atom. The third-order valence-electron chi connectivity index (χ3n) is 6.57. The van der Waals surface area contributed by atoms with Crippen LogP contribution in [0.5, 0.6) is 0 Å².